The quantitative estimate of drug-likeness (QED) is 0.923. The summed E-state index contributed by atoms with van der Waals surface area (Å²) in [5.74, 6) is 0.565. The van der Waals surface area contributed by atoms with Gasteiger partial charge in [-0.3, -0.25) is 10.3 Å². The van der Waals surface area contributed by atoms with Crippen LogP contribution in [0.2, 0.25) is 0 Å². The summed E-state index contributed by atoms with van der Waals surface area (Å²) in [6.45, 7) is 6.62. The Labute approximate surface area is 143 Å². The van der Waals surface area contributed by atoms with Gasteiger partial charge in [-0.1, -0.05) is 31.5 Å². The van der Waals surface area contributed by atoms with Gasteiger partial charge < -0.3 is 4.90 Å². The summed E-state index contributed by atoms with van der Waals surface area (Å²) in [4.78, 5) is 6.92. The first kappa shape index (κ1) is 16.9. The number of aryl methyl sites for hydroxylation is 1. The van der Waals surface area contributed by atoms with Gasteiger partial charge in [-0.15, -0.1) is 0 Å². The number of nitrogens with zero attached hydrogens (tertiary/aromatic N) is 2. The predicted molar refractivity (Wildman–Crippen MR) is 94.9 cm³/mol. The number of hydrogen-bond donors (Lipinski definition) is 1. The van der Waals surface area contributed by atoms with Crippen molar-refractivity contribution in [2.75, 3.05) is 24.7 Å². The van der Waals surface area contributed by atoms with Crippen LogP contribution in [0.3, 0.4) is 0 Å². The highest BCUT2D eigenvalue weighted by Gasteiger charge is 2.23. The van der Waals surface area contributed by atoms with Gasteiger partial charge in [0.1, 0.15) is 0 Å². The Balaban J connectivity index is 1.95. The van der Waals surface area contributed by atoms with E-state index in [1.165, 1.54) is 6.20 Å². The van der Waals surface area contributed by atoms with E-state index in [-0.39, 0.29) is 4.90 Å². The molecule has 1 unspecified atom stereocenters. The normalized spacial score (nSPS) is 18.6. The molecule has 2 heterocycles. The molecule has 0 radical (unpaired) electrons. The summed E-state index contributed by atoms with van der Waals surface area (Å²) >= 11 is 0. The van der Waals surface area contributed by atoms with Gasteiger partial charge in [0.05, 0.1) is 28.3 Å². The third-order valence-corrected chi connectivity index (χ3v) is 6.43. The fourth-order valence-electron chi connectivity index (χ4n) is 3.03. The van der Waals surface area contributed by atoms with Gasteiger partial charge in [0.15, 0.2) is 0 Å². The van der Waals surface area contributed by atoms with Crippen molar-refractivity contribution in [3.8, 4) is 0 Å². The van der Waals surface area contributed by atoms with E-state index in [4.69, 9.17) is 0 Å². The van der Waals surface area contributed by atoms with Crippen LogP contribution in [-0.4, -0.2) is 33.2 Å². The van der Waals surface area contributed by atoms with Crippen molar-refractivity contribution in [1.29, 1.82) is 0 Å². The first-order valence-electron chi connectivity index (χ1n) is 8.24. The van der Waals surface area contributed by atoms with Crippen LogP contribution < -0.4 is 10.2 Å². The number of hydrogen-bond acceptors (Lipinski definition) is 5. The average Bonchev–Trinajstić information content (AvgIpc) is 2.62. The molecule has 128 valence electrons. The van der Waals surface area contributed by atoms with Crippen molar-refractivity contribution >= 4 is 15.5 Å². The minimum absolute atomic E-state index is 0.243. The third-order valence-electron chi connectivity index (χ3n) is 4.55. The SMILES string of the molecule is CCC1CNCN(c2cncc(S(=O)(=O)c3ccccc3C)c2)C1. The van der Waals surface area contributed by atoms with Crippen LogP contribution in [-0.2, 0) is 9.84 Å². The fourth-order valence-corrected chi connectivity index (χ4v) is 4.51. The number of rotatable bonds is 4. The molecule has 1 saturated heterocycles. The molecule has 1 aromatic carbocycles. The van der Waals surface area contributed by atoms with Crippen LogP contribution in [0.5, 0.6) is 0 Å². The van der Waals surface area contributed by atoms with E-state index < -0.39 is 9.84 Å². The molecule has 1 fully saturated rings. The van der Waals surface area contributed by atoms with Crippen molar-refractivity contribution in [3.63, 3.8) is 0 Å². The minimum Gasteiger partial charge on any atom is -0.357 e. The van der Waals surface area contributed by atoms with Gasteiger partial charge in [-0.05, 0) is 30.5 Å². The summed E-state index contributed by atoms with van der Waals surface area (Å²) in [6.07, 6.45) is 4.26. The zero-order valence-corrected chi connectivity index (χ0v) is 14.9. The zero-order chi connectivity index (χ0) is 17.2. The Morgan fingerprint density at radius 2 is 2.08 bits per heavy atom. The second kappa shape index (κ2) is 6.91. The van der Waals surface area contributed by atoms with Gasteiger partial charge in [0, 0.05) is 19.3 Å². The van der Waals surface area contributed by atoms with Crippen molar-refractivity contribution in [3.05, 3.63) is 48.3 Å². The molecular weight excluding hydrogens is 322 g/mol. The van der Waals surface area contributed by atoms with Crippen molar-refractivity contribution in [1.82, 2.24) is 10.3 Å². The van der Waals surface area contributed by atoms with E-state index in [9.17, 15) is 8.42 Å². The average molecular weight is 345 g/mol. The van der Waals surface area contributed by atoms with Gasteiger partial charge in [-0.25, -0.2) is 8.42 Å². The van der Waals surface area contributed by atoms with E-state index >= 15 is 0 Å². The number of aromatic nitrogens is 1. The molecule has 6 heteroatoms. The largest absolute Gasteiger partial charge is 0.357 e. The highest BCUT2D eigenvalue weighted by Crippen LogP contribution is 2.27. The number of anilines is 1. The second-order valence-corrected chi connectivity index (χ2v) is 8.17. The highest BCUT2D eigenvalue weighted by molar-refractivity contribution is 7.91. The van der Waals surface area contributed by atoms with E-state index in [0.717, 1.165) is 30.8 Å². The van der Waals surface area contributed by atoms with Gasteiger partial charge in [0.25, 0.3) is 0 Å². The summed E-state index contributed by atoms with van der Waals surface area (Å²) in [6, 6.07) is 8.77. The molecule has 2 aromatic rings. The van der Waals surface area contributed by atoms with E-state index in [1.807, 2.05) is 19.1 Å². The maximum Gasteiger partial charge on any atom is 0.208 e. The maximum absolute atomic E-state index is 12.9. The molecular formula is C18H23N3O2S. The molecule has 5 nitrogen and oxygen atoms in total. The number of nitrogens with one attached hydrogen (secondary N) is 1. The molecule has 1 aliphatic heterocycles. The smallest absolute Gasteiger partial charge is 0.208 e. The Hall–Kier alpha value is -1.92. The number of sulfone groups is 1. The minimum atomic E-state index is -3.56. The summed E-state index contributed by atoms with van der Waals surface area (Å²) in [7, 11) is -3.56. The topological polar surface area (TPSA) is 62.3 Å². The number of benzene rings is 1. The van der Waals surface area contributed by atoms with Gasteiger partial charge in [-0.2, -0.15) is 0 Å². The van der Waals surface area contributed by atoms with Crippen molar-refractivity contribution in [2.24, 2.45) is 5.92 Å². The molecule has 0 spiro atoms. The Morgan fingerprint density at radius 1 is 1.29 bits per heavy atom. The molecule has 24 heavy (non-hydrogen) atoms. The predicted octanol–water partition coefficient (Wildman–Crippen LogP) is 2.62. The van der Waals surface area contributed by atoms with Crippen molar-refractivity contribution in [2.45, 2.75) is 30.1 Å². The molecule has 1 N–H and O–H groups in total. The summed E-state index contributed by atoms with van der Waals surface area (Å²) in [5, 5.41) is 3.38. The summed E-state index contributed by atoms with van der Waals surface area (Å²) in [5.41, 5.74) is 1.59. The van der Waals surface area contributed by atoms with Gasteiger partial charge in [0.2, 0.25) is 9.84 Å². The lowest BCUT2D eigenvalue weighted by atomic mass is 10.0. The van der Waals surface area contributed by atoms with E-state index in [0.29, 0.717) is 17.5 Å². The van der Waals surface area contributed by atoms with Crippen LogP contribution in [0.25, 0.3) is 0 Å². The number of pyridine rings is 1. The summed E-state index contributed by atoms with van der Waals surface area (Å²) < 4.78 is 25.9. The molecule has 0 saturated carbocycles. The lowest BCUT2D eigenvalue weighted by Crippen LogP contribution is -2.47. The van der Waals surface area contributed by atoms with Gasteiger partial charge >= 0.3 is 0 Å². The Morgan fingerprint density at radius 3 is 2.83 bits per heavy atom. The third kappa shape index (κ3) is 3.30. The molecule has 1 aromatic heterocycles. The zero-order valence-electron chi connectivity index (χ0n) is 14.1. The molecule has 0 aliphatic carbocycles. The maximum atomic E-state index is 12.9. The monoisotopic (exact) mass is 345 g/mol. The molecule has 3 rings (SSSR count). The van der Waals surface area contributed by atoms with Crippen molar-refractivity contribution < 1.29 is 8.42 Å². The highest BCUT2D eigenvalue weighted by atomic mass is 32.2. The lowest BCUT2D eigenvalue weighted by Gasteiger charge is -2.34. The van der Waals surface area contributed by atoms with Crippen LogP contribution in [0.4, 0.5) is 5.69 Å². The Bertz CT molecular complexity index is 821. The molecule has 0 bridgehead atoms. The van der Waals surface area contributed by atoms with E-state index in [1.54, 1.807) is 24.4 Å². The first-order chi connectivity index (χ1) is 11.5. The standard InChI is InChI=1S/C18H23N3O2S/c1-3-15-9-20-13-21(12-15)16-8-17(11-19-10-16)24(22,23)18-7-5-4-6-14(18)2/h4-8,10-11,15,20H,3,9,12-13H2,1-2H3. The fraction of sp³-hybridized carbons (Fsp3) is 0.389. The second-order valence-electron chi connectivity index (χ2n) is 6.26. The van der Waals surface area contributed by atoms with E-state index in [2.05, 4.69) is 22.1 Å². The first-order valence-corrected chi connectivity index (χ1v) is 9.72. The molecule has 0 amide bonds. The Kier molecular flexibility index (Phi) is 4.87. The molecule has 1 atom stereocenters. The van der Waals surface area contributed by atoms with Crippen LogP contribution in [0.15, 0.2) is 52.5 Å². The molecule has 1 aliphatic rings. The van der Waals surface area contributed by atoms with Crippen LogP contribution >= 0.6 is 0 Å². The van der Waals surface area contributed by atoms with Crippen LogP contribution in [0, 0.1) is 12.8 Å². The van der Waals surface area contributed by atoms with Crippen LogP contribution in [0.1, 0.15) is 18.9 Å². The lowest BCUT2D eigenvalue weighted by molar-refractivity contribution is 0.403.